The number of nitrogens with one attached hydrogen (secondary N) is 1. The normalized spacial score (nSPS) is 18.8. The highest BCUT2D eigenvalue weighted by Crippen LogP contribution is 2.30. The van der Waals surface area contributed by atoms with E-state index in [-0.39, 0.29) is 35.8 Å². The van der Waals surface area contributed by atoms with Gasteiger partial charge in [-0.3, -0.25) is 9.48 Å². The summed E-state index contributed by atoms with van der Waals surface area (Å²) in [7, 11) is 1.54. The third kappa shape index (κ3) is 5.07. The molecule has 1 aliphatic heterocycles. The minimum absolute atomic E-state index is 0.157. The van der Waals surface area contributed by atoms with Crippen molar-refractivity contribution in [2.75, 3.05) is 38.7 Å². The molecule has 0 saturated carbocycles. The predicted molar refractivity (Wildman–Crippen MR) is 108 cm³/mol. The molecule has 1 saturated heterocycles. The highest BCUT2D eigenvalue weighted by molar-refractivity contribution is 5.98. The van der Waals surface area contributed by atoms with Crippen LogP contribution < -0.4 is 11.1 Å². The fourth-order valence-corrected chi connectivity index (χ4v) is 3.37. The van der Waals surface area contributed by atoms with Crippen molar-refractivity contribution in [3.05, 3.63) is 41.8 Å². The van der Waals surface area contributed by atoms with Gasteiger partial charge in [0.15, 0.2) is 5.82 Å². The van der Waals surface area contributed by atoms with E-state index in [2.05, 4.69) is 17.3 Å². The fourth-order valence-electron chi connectivity index (χ4n) is 3.37. The van der Waals surface area contributed by atoms with Crippen LogP contribution in [-0.2, 0) is 9.47 Å². The number of methoxy groups -OCH3 is 1. The summed E-state index contributed by atoms with van der Waals surface area (Å²) in [6, 6.07) is 5.54. The first-order valence-electron chi connectivity index (χ1n) is 9.71. The van der Waals surface area contributed by atoms with Gasteiger partial charge in [-0.2, -0.15) is 5.10 Å². The van der Waals surface area contributed by atoms with Gasteiger partial charge in [-0.25, -0.2) is 9.18 Å². The number of hydrogen-bond acceptors (Lipinski definition) is 6. The maximum absolute atomic E-state index is 13.2. The van der Waals surface area contributed by atoms with Crippen molar-refractivity contribution in [1.82, 2.24) is 14.7 Å². The Morgan fingerprint density at radius 1 is 1.30 bits per heavy atom. The lowest BCUT2D eigenvalue weighted by Gasteiger charge is -2.36. The number of piperidine rings is 1. The standard InChI is InChI=1S/C20H26FN5O4/c1-13-7-8-25(20(28)30-10-9-29-2)12-17(13)26-11-16(18(22)27)19(24-26)23-15-5-3-14(21)4-6-15/h3-6,11,13,17H,7-10,12H2,1-2H3,(H2,22,27)(H,23,24). The quantitative estimate of drug-likeness (QED) is 0.667. The number of primary amides is 1. The van der Waals surface area contributed by atoms with E-state index >= 15 is 0 Å². The smallest absolute Gasteiger partial charge is 0.409 e. The van der Waals surface area contributed by atoms with Crippen molar-refractivity contribution in [2.24, 2.45) is 11.7 Å². The van der Waals surface area contributed by atoms with Crippen molar-refractivity contribution >= 4 is 23.5 Å². The molecule has 3 rings (SSSR count). The number of rotatable bonds is 7. The van der Waals surface area contributed by atoms with Gasteiger partial charge in [0.1, 0.15) is 18.0 Å². The average Bonchev–Trinajstić information content (AvgIpc) is 3.14. The van der Waals surface area contributed by atoms with Gasteiger partial charge in [0, 0.05) is 32.1 Å². The van der Waals surface area contributed by atoms with Gasteiger partial charge in [-0.15, -0.1) is 0 Å². The lowest BCUT2D eigenvalue weighted by Crippen LogP contribution is -2.44. The average molecular weight is 419 g/mol. The number of nitrogens with zero attached hydrogens (tertiary/aromatic N) is 3. The third-order valence-electron chi connectivity index (χ3n) is 5.13. The van der Waals surface area contributed by atoms with Gasteiger partial charge >= 0.3 is 6.09 Å². The van der Waals surface area contributed by atoms with Crippen LogP contribution in [-0.4, -0.2) is 60.1 Å². The van der Waals surface area contributed by atoms with Crippen LogP contribution in [0.1, 0.15) is 29.7 Å². The number of hydrogen-bond donors (Lipinski definition) is 2. The molecule has 1 aliphatic rings. The van der Waals surface area contributed by atoms with Crippen LogP contribution in [0.5, 0.6) is 0 Å². The Hall–Kier alpha value is -3.14. The summed E-state index contributed by atoms with van der Waals surface area (Å²) in [5, 5.41) is 7.51. The van der Waals surface area contributed by atoms with Crippen LogP contribution in [0.15, 0.2) is 30.5 Å². The second-order valence-corrected chi connectivity index (χ2v) is 7.25. The topological polar surface area (TPSA) is 112 Å². The van der Waals surface area contributed by atoms with Crippen molar-refractivity contribution < 1.29 is 23.5 Å². The number of aromatic nitrogens is 2. The molecule has 2 unspecified atom stereocenters. The molecule has 2 heterocycles. The highest BCUT2D eigenvalue weighted by atomic mass is 19.1. The Kier molecular flexibility index (Phi) is 6.88. The van der Waals surface area contributed by atoms with Crippen molar-refractivity contribution in [1.29, 1.82) is 0 Å². The number of amides is 2. The number of nitrogens with two attached hydrogens (primary N) is 1. The zero-order chi connectivity index (χ0) is 21.7. The number of anilines is 2. The minimum Gasteiger partial charge on any atom is -0.447 e. The number of likely N-dealkylation sites (tertiary alicyclic amines) is 1. The number of halogens is 1. The zero-order valence-corrected chi connectivity index (χ0v) is 17.0. The second kappa shape index (κ2) is 9.57. The molecule has 3 N–H and O–H groups in total. The van der Waals surface area contributed by atoms with Gasteiger partial charge < -0.3 is 25.4 Å². The molecule has 9 nitrogen and oxygen atoms in total. The summed E-state index contributed by atoms with van der Waals surface area (Å²) in [4.78, 5) is 25.9. The van der Waals surface area contributed by atoms with E-state index in [1.807, 2.05) is 0 Å². The molecule has 0 spiro atoms. The lowest BCUT2D eigenvalue weighted by molar-refractivity contribution is 0.0525. The summed E-state index contributed by atoms with van der Waals surface area (Å²) < 4.78 is 24.9. The molecule has 0 radical (unpaired) electrons. The van der Waals surface area contributed by atoms with Gasteiger partial charge in [-0.05, 0) is 36.6 Å². The van der Waals surface area contributed by atoms with Crippen molar-refractivity contribution in [3.8, 4) is 0 Å². The van der Waals surface area contributed by atoms with Crippen molar-refractivity contribution in [3.63, 3.8) is 0 Å². The summed E-state index contributed by atoms with van der Waals surface area (Å²) in [5.41, 5.74) is 6.31. The van der Waals surface area contributed by atoms with Crippen LogP contribution in [0, 0.1) is 11.7 Å². The predicted octanol–water partition coefficient (Wildman–Crippen LogP) is 2.53. The van der Waals surface area contributed by atoms with E-state index < -0.39 is 12.0 Å². The third-order valence-corrected chi connectivity index (χ3v) is 5.13. The summed E-state index contributed by atoms with van der Waals surface area (Å²) in [5.74, 6) is -0.506. The summed E-state index contributed by atoms with van der Waals surface area (Å²) >= 11 is 0. The highest BCUT2D eigenvalue weighted by Gasteiger charge is 2.32. The molecule has 10 heteroatoms. The molecular weight excluding hydrogens is 393 g/mol. The van der Waals surface area contributed by atoms with Crippen LogP contribution in [0.3, 0.4) is 0 Å². The zero-order valence-electron chi connectivity index (χ0n) is 17.0. The molecule has 0 aliphatic carbocycles. The SMILES string of the molecule is COCCOC(=O)N1CCC(C)C(n2cc(C(N)=O)c(Nc3ccc(F)cc3)n2)C1. The maximum atomic E-state index is 13.2. The molecule has 1 aromatic carbocycles. The lowest BCUT2D eigenvalue weighted by atomic mass is 9.94. The first kappa shape index (κ1) is 21.6. The monoisotopic (exact) mass is 419 g/mol. The number of ether oxygens (including phenoxy) is 2. The molecular formula is C20H26FN5O4. The second-order valence-electron chi connectivity index (χ2n) is 7.25. The van der Waals surface area contributed by atoms with E-state index in [9.17, 15) is 14.0 Å². The largest absolute Gasteiger partial charge is 0.447 e. The van der Waals surface area contributed by atoms with E-state index in [0.717, 1.165) is 6.42 Å². The maximum Gasteiger partial charge on any atom is 0.409 e. The van der Waals surface area contributed by atoms with Crippen LogP contribution in [0.2, 0.25) is 0 Å². The Morgan fingerprint density at radius 3 is 2.70 bits per heavy atom. The van der Waals surface area contributed by atoms with E-state index in [1.54, 1.807) is 27.9 Å². The van der Waals surface area contributed by atoms with Crippen LogP contribution in [0.25, 0.3) is 0 Å². The van der Waals surface area contributed by atoms with Gasteiger partial charge in [0.05, 0.1) is 12.6 Å². The van der Waals surface area contributed by atoms with Gasteiger partial charge in [0.2, 0.25) is 0 Å². The van der Waals surface area contributed by atoms with E-state index in [1.165, 1.54) is 19.2 Å². The Labute approximate surface area is 173 Å². The minimum atomic E-state index is -0.634. The summed E-state index contributed by atoms with van der Waals surface area (Å²) in [6.07, 6.45) is 1.93. The fraction of sp³-hybridized carbons (Fsp3) is 0.450. The molecule has 30 heavy (non-hydrogen) atoms. The first-order chi connectivity index (χ1) is 14.4. The molecule has 1 aromatic heterocycles. The van der Waals surface area contributed by atoms with Gasteiger partial charge in [-0.1, -0.05) is 6.92 Å². The first-order valence-corrected chi connectivity index (χ1v) is 9.71. The number of benzene rings is 1. The Bertz CT molecular complexity index is 886. The Balaban J connectivity index is 1.78. The Morgan fingerprint density at radius 2 is 2.03 bits per heavy atom. The van der Waals surface area contributed by atoms with E-state index in [4.69, 9.17) is 15.2 Å². The number of carbonyl (C=O) groups excluding carboxylic acids is 2. The molecule has 1 fully saturated rings. The van der Waals surface area contributed by atoms with E-state index in [0.29, 0.717) is 25.4 Å². The number of carbonyl (C=O) groups is 2. The van der Waals surface area contributed by atoms with Gasteiger partial charge in [0.25, 0.3) is 5.91 Å². The van der Waals surface area contributed by atoms with Crippen LogP contribution in [0.4, 0.5) is 20.7 Å². The van der Waals surface area contributed by atoms with Crippen molar-refractivity contribution in [2.45, 2.75) is 19.4 Å². The van der Waals surface area contributed by atoms with Crippen LogP contribution >= 0.6 is 0 Å². The molecule has 162 valence electrons. The molecule has 2 aromatic rings. The molecule has 2 atom stereocenters. The molecule has 0 bridgehead atoms. The summed E-state index contributed by atoms with van der Waals surface area (Å²) in [6.45, 7) is 3.55. The molecule has 2 amide bonds.